The van der Waals surface area contributed by atoms with E-state index in [1.54, 1.807) is 23.1 Å². The molecule has 6 nitrogen and oxygen atoms in total. The zero-order valence-corrected chi connectivity index (χ0v) is 12.8. The van der Waals surface area contributed by atoms with Gasteiger partial charge in [0, 0.05) is 31.2 Å². The van der Waals surface area contributed by atoms with Gasteiger partial charge in [0.15, 0.2) is 0 Å². The van der Waals surface area contributed by atoms with Crippen LogP contribution in [-0.4, -0.2) is 33.3 Å². The maximum Gasteiger partial charge on any atom is 0.272 e. The molecule has 1 amide bonds. The number of hydrogen-bond donors (Lipinski definition) is 1. The summed E-state index contributed by atoms with van der Waals surface area (Å²) >= 11 is 0. The van der Waals surface area contributed by atoms with E-state index in [1.807, 2.05) is 32.2 Å². The molecule has 1 aliphatic rings. The largest absolute Gasteiger partial charge is 0.371 e. The molecule has 22 heavy (non-hydrogen) atoms. The second-order valence-corrected chi connectivity index (χ2v) is 5.72. The quantitative estimate of drug-likeness (QED) is 0.939. The molecular formula is C16H20N4O2. The summed E-state index contributed by atoms with van der Waals surface area (Å²) < 4.78 is 7.54. The molecule has 3 rings (SSSR count). The molecule has 116 valence electrons. The number of carbonyl (C=O) groups excluding carboxylic acids is 1. The Balaban J connectivity index is 1.70. The number of aromatic nitrogens is 3. The number of carbonyl (C=O) groups is 1. The third kappa shape index (κ3) is 3.01. The summed E-state index contributed by atoms with van der Waals surface area (Å²) in [7, 11) is 0. The minimum Gasteiger partial charge on any atom is -0.371 e. The van der Waals surface area contributed by atoms with Crippen LogP contribution in [0.2, 0.25) is 0 Å². The van der Waals surface area contributed by atoms with Crippen LogP contribution in [0.25, 0.3) is 0 Å². The van der Waals surface area contributed by atoms with Gasteiger partial charge in [-0.15, -0.1) is 0 Å². The fraction of sp³-hybridized carbons (Fsp3) is 0.438. The van der Waals surface area contributed by atoms with E-state index in [9.17, 15) is 4.79 Å². The van der Waals surface area contributed by atoms with Crippen LogP contribution in [0, 0.1) is 0 Å². The lowest BCUT2D eigenvalue weighted by atomic mass is 10.0. The lowest BCUT2D eigenvalue weighted by Gasteiger charge is -2.19. The molecule has 1 fully saturated rings. The highest BCUT2D eigenvalue weighted by Crippen LogP contribution is 2.28. The average Bonchev–Trinajstić information content (AvgIpc) is 3.17. The summed E-state index contributed by atoms with van der Waals surface area (Å²) in [6, 6.07) is 5.78. The van der Waals surface area contributed by atoms with E-state index in [1.165, 1.54) is 0 Å². The van der Waals surface area contributed by atoms with Crippen molar-refractivity contribution in [2.75, 3.05) is 6.61 Å². The standard InChI is InChI=1S/C16H20N4O2/c1-11(2)20-9-5-14(19-20)16(21)18-13-6-10-22-15(13)12-3-7-17-8-4-12/h3-5,7-9,11,13,15H,6,10H2,1-2H3,(H,18,21)/t13-,15+/m0/s1. The topological polar surface area (TPSA) is 69.0 Å². The van der Waals surface area contributed by atoms with Crippen molar-refractivity contribution in [3.05, 3.63) is 48.0 Å². The van der Waals surface area contributed by atoms with Gasteiger partial charge in [-0.1, -0.05) is 0 Å². The van der Waals surface area contributed by atoms with Gasteiger partial charge >= 0.3 is 0 Å². The second kappa shape index (κ2) is 6.27. The first-order chi connectivity index (χ1) is 10.6. The van der Waals surface area contributed by atoms with E-state index in [-0.39, 0.29) is 24.1 Å². The van der Waals surface area contributed by atoms with Crippen molar-refractivity contribution < 1.29 is 9.53 Å². The third-order valence-corrected chi connectivity index (χ3v) is 3.81. The minimum absolute atomic E-state index is 0.0425. The summed E-state index contributed by atoms with van der Waals surface area (Å²) in [5.41, 5.74) is 1.47. The number of ether oxygens (including phenoxy) is 1. The number of pyridine rings is 1. The van der Waals surface area contributed by atoms with Crippen LogP contribution >= 0.6 is 0 Å². The van der Waals surface area contributed by atoms with Crippen molar-refractivity contribution in [2.45, 2.75) is 38.5 Å². The molecule has 3 heterocycles. The van der Waals surface area contributed by atoms with Crippen molar-refractivity contribution in [2.24, 2.45) is 0 Å². The Hall–Kier alpha value is -2.21. The predicted octanol–water partition coefficient (Wildman–Crippen LogP) is 2.12. The zero-order valence-electron chi connectivity index (χ0n) is 12.8. The monoisotopic (exact) mass is 300 g/mol. The number of nitrogens with zero attached hydrogens (tertiary/aromatic N) is 3. The maximum atomic E-state index is 12.4. The van der Waals surface area contributed by atoms with Crippen LogP contribution < -0.4 is 5.32 Å². The number of hydrogen-bond acceptors (Lipinski definition) is 4. The van der Waals surface area contributed by atoms with Crippen molar-refractivity contribution in [3.8, 4) is 0 Å². The average molecular weight is 300 g/mol. The predicted molar refractivity (Wildman–Crippen MR) is 81.4 cm³/mol. The first-order valence-corrected chi connectivity index (χ1v) is 7.52. The van der Waals surface area contributed by atoms with Crippen molar-refractivity contribution >= 4 is 5.91 Å². The Bertz CT molecular complexity index is 639. The summed E-state index contributed by atoms with van der Waals surface area (Å²) in [4.78, 5) is 16.4. The van der Waals surface area contributed by atoms with E-state index < -0.39 is 0 Å². The van der Waals surface area contributed by atoms with Gasteiger partial charge in [-0.3, -0.25) is 14.5 Å². The maximum absolute atomic E-state index is 12.4. The van der Waals surface area contributed by atoms with E-state index in [4.69, 9.17) is 4.74 Å². The smallest absolute Gasteiger partial charge is 0.272 e. The lowest BCUT2D eigenvalue weighted by molar-refractivity contribution is 0.0817. The van der Waals surface area contributed by atoms with Crippen LogP contribution in [0.3, 0.4) is 0 Å². The van der Waals surface area contributed by atoms with Crippen molar-refractivity contribution in [1.82, 2.24) is 20.1 Å². The Morgan fingerprint density at radius 1 is 1.36 bits per heavy atom. The molecule has 2 aromatic rings. The molecule has 1 N–H and O–H groups in total. The molecule has 2 aromatic heterocycles. The van der Waals surface area contributed by atoms with Crippen LogP contribution in [0.1, 0.15) is 48.5 Å². The second-order valence-electron chi connectivity index (χ2n) is 5.72. The van der Waals surface area contributed by atoms with Gasteiger partial charge in [0.05, 0.1) is 6.04 Å². The van der Waals surface area contributed by atoms with Gasteiger partial charge < -0.3 is 10.1 Å². The fourth-order valence-electron chi connectivity index (χ4n) is 2.61. The Morgan fingerprint density at radius 3 is 2.82 bits per heavy atom. The van der Waals surface area contributed by atoms with Crippen LogP contribution in [0.15, 0.2) is 36.8 Å². The summed E-state index contributed by atoms with van der Waals surface area (Å²) in [6.45, 7) is 4.69. The number of nitrogens with one attached hydrogen (secondary N) is 1. The molecule has 1 saturated heterocycles. The number of amides is 1. The molecule has 0 aromatic carbocycles. The molecule has 6 heteroatoms. The normalized spacial score (nSPS) is 21.2. The van der Waals surface area contributed by atoms with E-state index in [0.29, 0.717) is 12.3 Å². The fourth-order valence-corrected chi connectivity index (χ4v) is 2.61. The molecule has 1 aliphatic heterocycles. The number of rotatable bonds is 4. The lowest BCUT2D eigenvalue weighted by Crippen LogP contribution is -2.37. The first-order valence-electron chi connectivity index (χ1n) is 7.52. The summed E-state index contributed by atoms with van der Waals surface area (Å²) in [5, 5.41) is 7.34. The van der Waals surface area contributed by atoms with E-state index in [2.05, 4.69) is 15.4 Å². The minimum atomic E-state index is -0.158. The van der Waals surface area contributed by atoms with E-state index >= 15 is 0 Å². The van der Waals surface area contributed by atoms with Gasteiger partial charge in [-0.2, -0.15) is 5.10 Å². The van der Waals surface area contributed by atoms with Crippen LogP contribution in [0.4, 0.5) is 0 Å². The van der Waals surface area contributed by atoms with Crippen LogP contribution in [-0.2, 0) is 4.74 Å². The van der Waals surface area contributed by atoms with Crippen molar-refractivity contribution in [3.63, 3.8) is 0 Å². The van der Waals surface area contributed by atoms with Gasteiger partial charge in [-0.25, -0.2) is 0 Å². The molecule has 0 saturated carbocycles. The van der Waals surface area contributed by atoms with Gasteiger partial charge in [0.1, 0.15) is 11.8 Å². The van der Waals surface area contributed by atoms with Gasteiger partial charge in [-0.05, 0) is 44.0 Å². The molecule has 0 spiro atoms. The molecular weight excluding hydrogens is 280 g/mol. The Morgan fingerprint density at radius 2 is 2.14 bits per heavy atom. The Labute approximate surface area is 129 Å². The summed E-state index contributed by atoms with van der Waals surface area (Å²) in [5.74, 6) is -0.158. The highest BCUT2D eigenvalue weighted by molar-refractivity contribution is 5.92. The Kier molecular flexibility index (Phi) is 4.20. The highest BCUT2D eigenvalue weighted by Gasteiger charge is 2.31. The zero-order chi connectivity index (χ0) is 15.5. The van der Waals surface area contributed by atoms with Crippen molar-refractivity contribution in [1.29, 1.82) is 0 Å². The molecule has 2 atom stereocenters. The van der Waals surface area contributed by atoms with Gasteiger partial charge in [0.2, 0.25) is 0 Å². The molecule has 0 aliphatic carbocycles. The first kappa shape index (κ1) is 14.7. The van der Waals surface area contributed by atoms with E-state index in [0.717, 1.165) is 12.0 Å². The molecule has 0 radical (unpaired) electrons. The third-order valence-electron chi connectivity index (χ3n) is 3.81. The van der Waals surface area contributed by atoms with Gasteiger partial charge in [0.25, 0.3) is 5.91 Å². The highest BCUT2D eigenvalue weighted by atomic mass is 16.5. The molecule has 0 bridgehead atoms. The van der Waals surface area contributed by atoms with Crippen LogP contribution in [0.5, 0.6) is 0 Å². The summed E-state index contributed by atoms with van der Waals surface area (Å²) in [6.07, 6.45) is 5.97. The SMILES string of the molecule is CC(C)n1ccc(C(=O)N[C@H]2CCO[C@@H]2c2ccncc2)n1. The molecule has 0 unspecified atom stereocenters.